The van der Waals surface area contributed by atoms with Crippen LogP contribution in [0, 0.1) is 0 Å². The van der Waals surface area contributed by atoms with Crippen LogP contribution in [0.1, 0.15) is 109 Å². The third kappa shape index (κ3) is 11.5. The van der Waals surface area contributed by atoms with Crippen molar-refractivity contribution in [3.8, 4) is 0 Å². The van der Waals surface area contributed by atoms with Gasteiger partial charge < -0.3 is 5.11 Å². The van der Waals surface area contributed by atoms with E-state index < -0.39 is 0 Å². The molecule has 1 aromatic carbocycles. The summed E-state index contributed by atoms with van der Waals surface area (Å²) < 4.78 is 0.867. The summed E-state index contributed by atoms with van der Waals surface area (Å²) in [6, 6.07) is 10.7. The van der Waals surface area contributed by atoms with Gasteiger partial charge in [-0.15, -0.1) is 0 Å². The third-order valence-electron chi connectivity index (χ3n) is 7.14. The van der Waals surface area contributed by atoms with E-state index in [0.717, 1.165) is 37.1 Å². The molecule has 0 fully saturated rings. The lowest BCUT2D eigenvalue weighted by Crippen LogP contribution is -2.51. The van der Waals surface area contributed by atoms with Crippen LogP contribution in [0.25, 0.3) is 0 Å². The number of amidine groups is 1. The molecule has 0 saturated heterocycles. The van der Waals surface area contributed by atoms with Gasteiger partial charge >= 0.3 is 0 Å². The van der Waals surface area contributed by atoms with E-state index in [1.807, 2.05) is 0 Å². The van der Waals surface area contributed by atoms with Gasteiger partial charge in [0.25, 0.3) is 0 Å². The Bertz CT molecular complexity index is 655. The molecule has 0 radical (unpaired) electrons. The maximum Gasteiger partial charge on any atom is 0.198 e. The molecule has 1 atom stereocenters. The molecule has 2 rings (SSSR count). The van der Waals surface area contributed by atoms with Crippen LogP contribution in [0.5, 0.6) is 0 Å². The molecule has 186 valence electrons. The molecule has 1 aliphatic rings. The first-order valence-electron chi connectivity index (χ1n) is 14.0. The van der Waals surface area contributed by atoms with Crippen LogP contribution in [0.3, 0.4) is 0 Å². The van der Waals surface area contributed by atoms with Crippen LogP contribution < -0.4 is 0 Å². The van der Waals surface area contributed by atoms with Gasteiger partial charge in [0.1, 0.15) is 19.6 Å². The van der Waals surface area contributed by atoms with Crippen LogP contribution in [0.15, 0.2) is 47.5 Å². The predicted octanol–water partition coefficient (Wildman–Crippen LogP) is 7.84. The highest BCUT2D eigenvalue weighted by Crippen LogP contribution is 2.24. The van der Waals surface area contributed by atoms with E-state index >= 15 is 0 Å². The Hall–Kier alpha value is -1.45. The lowest BCUT2D eigenvalue weighted by atomic mass is 10.1. The molecule has 1 N–H and O–H groups in total. The minimum Gasteiger partial charge on any atom is -0.390 e. The summed E-state index contributed by atoms with van der Waals surface area (Å²) in [6.07, 6.45) is 24.8. The molecule has 3 nitrogen and oxygen atoms in total. The van der Waals surface area contributed by atoms with Crippen molar-refractivity contribution < 1.29 is 9.59 Å². The van der Waals surface area contributed by atoms with Crippen LogP contribution >= 0.6 is 0 Å². The lowest BCUT2D eigenvalue weighted by Gasteiger charge is -2.34. The molecular formula is C30H51N2O+. The highest BCUT2D eigenvalue weighted by Gasteiger charge is 2.37. The van der Waals surface area contributed by atoms with Gasteiger partial charge in [0.05, 0.1) is 13.2 Å². The summed E-state index contributed by atoms with van der Waals surface area (Å²) in [4.78, 5) is 4.88. The molecule has 1 heterocycles. The summed E-state index contributed by atoms with van der Waals surface area (Å²) in [6.45, 7) is 6.22. The van der Waals surface area contributed by atoms with E-state index in [4.69, 9.17) is 4.99 Å². The number of hydrogen-bond acceptors (Lipinski definition) is 2. The Morgan fingerprint density at radius 3 is 2.06 bits per heavy atom. The number of aliphatic hydroxyl groups excluding tert-OH is 1. The van der Waals surface area contributed by atoms with Gasteiger partial charge in [-0.05, 0) is 32.1 Å². The van der Waals surface area contributed by atoms with Crippen molar-refractivity contribution in [1.29, 1.82) is 0 Å². The summed E-state index contributed by atoms with van der Waals surface area (Å²) in [5, 5.41) is 9.72. The predicted molar refractivity (Wildman–Crippen MR) is 144 cm³/mol. The first-order chi connectivity index (χ1) is 16.3. The second kappa shape index (κ2) is 18.0. The minimum absolute atomic E-state index is 0.235. The molecule has 0 bridgehead atoms. The van der Waals surface area contributed by atoms with E-state index in [2.05, 4.69) is 49.4 Å². The zero-order valence-electron chi connectivity index (χ0n) is 21.5. The number of nitrogens with zero attached hydrogens (tertiary/aromatic N) is 2. The normalized spacial score (nSPS) is 18.3. The van der Waals surface area contributed by atoms with Gasteiger partial charge in [-0.25, -0.2) is 4.99 Å². The van der Waals surface area contributed by atoms with Gasteiger partial charge in [0.2, 0.25) is 0 Å². The number of allylic oxidation sites excluding steroid dienone is 2. The van der Waals surface area contributed by atoms with Crippen molar-refractivity contribution in [2.75, 3.05) is 26.2 Å². The Kier molecular flexibility index (Phi) is 15.1. The van der Waals surface area contributed by atoms with Crippen molar-refractivity contribution in [3.63, 3.8) is 0 Å². The van der Waals surface area contributed by atoms with E-state index in [9.17, 15) is 5.11 Å². The number of quaternary nitrogens is 1. The molecule has 0 aliphatic carbocycles. The van der Waals surface area contributed by atoms with Crippen molar-refractivity contribution in [2.45, 2.75) is 110 Å². The molecule has 0 spiro atoms. The molecule has 1 unspecified atom stereocenters. The summed E-state index contributed by atoms with van der Waals surface area (Å²) in [7, 11) is 0. The molecule has 0 amide bonds. The number of hydrogen-bond donors (Lipinski definition) is 1. The zero-order valence-corrected chi connectivity index (χ0v) is 21.5. The zero-order chi connectivity index (χ0) is 23.5. The average molecular weight is 456 g/mol. The smallest absolute Gasteiger partial charge is 0.198 e. The first kappa shape index (κ1) is 27.8. The van der Waals surface area contributed by atoms with Gasteiger partial charge in [0, 0.05) is 12.0 Å². The van der Waals surface area contributed by atoms with E-state index in [-0.39, 0.29) is 6.61 Å². The fraction of sp³-hybridized carbons (Fsp3) is 0.700. The van der Waals surface area contributed by atoms with Gasteiger partial charge in [0.15, 0.2) is 5.84 Å². The molecule has 0 saturated carbocycles. The summed E-state index contributed by atoms with van der Waals surface area (Å²) in [5.41, 5.74) is 1.35. The fourth-order valence-electron chi connectivity index (χ4n) is 5.11. The van der Waals surface area contributed by atoms with Crippen LogP contribution in [-0.4, -0.2) is 41.7 Å². The van der Waals surface area contributed by atoms with Gasteiger partial charge in [-0.2, -0.15) is 0 Å². The van der Waals surface area contributed by atoms with Gasteiger partial charge in [-0.3, -0.25) is 4.48 Å². The first-order valence-corrected chi connectivity index (χ1v) is 14.0. The number of aliphatic imine (C=N–C) groups is 1. The highest BCUT2D eigenvalue weighted by atomic mass is 16.3. The maximum absolute atomic E-state index is 9.72. The quantitative estimate of drug-likeness (QED) is 0.121. The number of benzene rings is 1. The second-order valence-electron chi connectivity index (χ2n) is 9.95. The van der Waals surface area contributed by atoms with Crippen LogP contribution in [0.4, 0.5) is 0 Å². The van der Waals surface area contributed by atoms with Gasteiger partial charge in [-0.1, -0.05) is 107 Å². The van der Waals surface area contributed by atoms with Crippen molar-refractivity contribution in [1.82, 2.24) is 0 Å². The largest absolute Gasteiger partial charge is 0.390 e. The summed E-state index contributed by atoms with van der Waals surface area (Å²) >= 11 is 0. The standard InChI is InChI=1S/C30H51N2O/c1-2-3-4-5-6-7-8-9-10-11-12-13-14-15-16-20-23-30-31-24-25-32(30,26-27-33)28-29-21-18-17-19-22-29/h9-10,17-19,21-22,33H,2-8,11-16,20,23-28H2,1H3/q+1/b10-9-. The fourth-order valence-corrected chi connectivity index (χ4v) is 5.11. The monoisotopic (exact) mass is 455 g/mol. The maximum atomic E-state index is 9.72. The molecule has 3 heteroatoms. The van der Waals surface area contributed by atoms with E-state index in [1.165, 1.54) is 101 Å². The number of aliphatic hydroxyl groups is 1. The topological polar surface area (TPSA) is 32.6 Å². The second-order valence-corrected chi connectivity index (χ2v) is 9.95. The van der Waals surface area contributed by atoms with Crippen molar-refractivity contribution >= 4 is 5.84 Å². The van der Waals surface area contributed by atoms with E-state index in [0.29, 0.717) is 0 Å². The molecule has 0 aromatic heterocycles. The third-order valence-corrected chi connectivity index (χ3v) is 7.14. The highest BCUT2D eigenvalue weighted by molar-refractivity contribution is 5.76. The Morgan fingerprint density at radius 1 is 0.818 bits per heavy atom. The number of rotatable bonds is 20. The molecule has 33 heavy (non-hydrogen) atoms. The number of unbranched alkanes of at least 4 members (excludes halogenated alkanes) is 12. The minimum atomic E-state index is 0.235. The Morgan fingerprint density at radius 2 is 1.42 bits per heavy atom. The molecule has 1 aromatic rings. The van der Waals surface area contributed by atoms with E-state index in [1.54, 1.807) is 0 Å². The van der Waals surface area contributed by atoms with Crippen molar-refractivity contribution in [2.24, 2.45) is 4.99 Å². The Labute approximate surface area is 204 Å². The van der Waals surface area contributed by atoms with Crippen molar-refractivity contribution in [3.05, 3.63) is 48.0 Å². The average Bonchev–Trinajstić information content (AvgIpc) is 3.21. The lowest BCUT2D eigenvalue weighted by molar-refractivity contribution is -0.850. The van der Waals surface area contributed by atoms with Crippen LogP contribution in [0.2, 0.25) is 0 Å². The molecule has 1 aliphatic heterocycles. The Balaban J connectivity index is 1.51. The SMILES string of the molecule is CCCCCCCC/C=C\CCCCCCCCC1=NCC[N+]1(CCO)Cc1ccccc1. The summed E-state index contributed by atoms with van der Waals surface area (Å²) in [5.74, 6) is 1.32. The van der Waals surface area contributed by atoms with Crippen LogP contribution in [-0.2, 0) is 6.54 Å². The molecular weight excluding hydrogens is 404 g/mol.